The van der Waals surface area contributed by atoms with Crippen molar-refractivity contribution in [2.24, 2.45) is 5.73 Å². The highest BCUT2D eigenvalue weighted by Crippen LogP contribution is 2.42. The smallest absolute Gasteiger partial charge is 0.149 e. The molecule has 4 aromatic rings. The number of nitrogens with zero attached hydrogens (tertiary/aromatic N) is 3. The number of ether oxygens (including phenoxy) is 1. The highest BCUT2D eigenvalue weighted by Gasteiger charge is 2.27. The molecule has 3 N–H and O–H groups in total. The standard InChI is InChI=1S/C36H37ClFN5O.CH4/c1-20-12-25-13-26(15-32(34(25)41-17-20)43(3)18-31(39)22-4-5-22)33(23-6-7-23)40-11-10-27-16-28-21(2)19-44-36(28)35(42-27)24-8-9-30(38)29(37)14-24;/h8-9,12-17,21,40H,4-7,10-11,18-19,39H2,1-3H3;1H4. The second-order valence-corrected chi connectivity index (χ2v) is 12.8. The lowest BCUT2D eigenvalue weighted by molar-refractivity contribution is 0.337. The van der Waals surface area contributed by atoms with E-state index in [-0.39, 0.29) is 18.4 Å². The van der Waals surface area contributed by atoms with Crippen LogP contribution in [0, 0.1) is 12.7 Å². The summed E-state index contributed by atoms with van der Waals surface area (Å²) in [5.41, 5.74) is 19.3. The largest absolute Gasteiger partial charge is 0.490 e. The summed E-state index contributed by atoms with van der Waals surface area (Å²) in [6.45, 7) is 6.26. The van der Waals surface area contributed by atoms with Crippen molar-refractivity contribution in [1.82, 2.24) is 15.3 Å². The lowest BCUT2D eigenvalue weighted by atomic mass is 9.99. The topological polar surface area (TPSA) is 76.3 Å². The fraction of sp³-hybridized carbons (Fsp3) is 0.351. The van der Waals surface area contributed by atoms with Crippen molar-refractivity contribution >= 4 is 33.9 Å². The number of aryl methyl sites for hydroxylation is 1. The molecule has 0 radical (unpaired) electrons. The van der Waals surface area contributed by atoms with E-state index in [9.17, 15) is 4.39 Å². The zero-order valence-electron chi connectivity index (χ0n) is 25.4. The van der Waals surface area contributed by atoms with Crippen LogP contribution in [0.2, 0.25) is 5.02 Å². The van der Waals surface area contributed by atoms with E-state index in [0.29, 0.717) is 13.2 Å². The average molecular weight is 626 g/mol. The first-order chi connectivity index (χ1) is 21.2. The molecule has 234 valence electrons. The summed E-state index contributed by atoms with van der Waals surface area (Å²) in [5, 5.41) is 4.98. The van der Waals surface area contributed by atoms with Crippen molar-refractivity contribution in [3.63, 3.8) is 0 Å². The van der Waals surface area contributed by atoms with Crippen LogP contribution in [0.3, 0.4) is 0 Å². The molecule has 1 unspecified atom stereocenters. The Labute approximate surface area is 270 Å². The van der Waals surface area contributed by atoms with Gasteiger partial charge >= 0.3 is 0 Å². The molecule has 0 spiro atoms. The summed E-state index contributed by atoms with van der Waals surface area (Å²) < 4.78 is 20.0. The Morgan fingerprint density at radius 2 is 1.89 bits per heavy atom. The molecule has 2 aromatic carbocycles. The number of anilines is 1. The summed E-state index contributed by atoms with van der Waals surface area (Å²) in [6.07, 6.45) is 7.08. The van der Waals surface area contributed by atoms with Crippen molar-refractivity contribution in [2.45, 2.75) is 59.3 Å². The monoisotopic (exact) mass is 625 g/mol. The number of aromatic nitrogens is 2. The zero-order chi connectivity index (χ0) is 30.5. The lowest BCUT2D eigenvalue weighted by Gasteiger charge is -2.23. The van der Waals surface area contributed by atoms with Gasteiger partial charge in [-0.3, -0.25) is 4.98 Å². The maximum absolute atomic E-state index is 13.9. The van der Waals surface area contributed by atoms with Gasteiger partial charge in [0.25, 0.3) is 0 Å². The highest BCUT2D eigenvalue weighted by molar-refractivity contribution is 6.31. The fourth-order valence-electron chi connectivity index (χ4n) is 6.06. The predicted octanol–water partition coefficient (Wildman–Crippen LogP) is 8.31. The van der Waals surface area contributed by atoms with Crippen molar-refractivity contribution < 1.29 is 9.13 Å². The van der Waals surface area contributed by atoms with Crippen LogP contribution in [0.1, 0.15) is 68.3 Å². The molecule has 2 aliphatic carbocycles. The number of nitrogens with one attached hydrogen (secondary N) is 1. The van der Waals surface area contributed by atoms with Crippen LogP contribution in [0.5, 0.6) is 5.75 Å². The molecule has 45 heavy (non-hydrogen) atoms. The third-order valence-electron chi connectivity index (χ3n) is 8.75. The van der Waals surface area contributed by atoms with Gasteiger partial charge in [0.1, 0.15) is 17.3 Å². The van der Waals surface area contributed by atoms with E-state index in [1.165, 1.54) is 28.5 Å². The summed E-state index contributed by atoms with van der Waals surface area (Å²) in [4.78, 5) is 12.0. The number of fused-ring (bicyclic) bond motifs is 2. The number of rotatable bonds is 9. The Balaban J connectivity index is 0.00000357. The third-order valence-corrected chi connectivity index (χ3v) is 9.04. The molecule has 2 aromatic heterocycles. The molecule has 6 nitrogen and oxygen atoms in total. The molecule has 0 saturated heterocycles. The van der Waals surface area contributed by atoms with Crippen LogP contribution in [0.4, 0.5) is 10.1 Å². The van der Waals surface area contributed by atoms with Gasteiger partial charge in [-0.05, 0) is 91.8 Å². The van der Waals surface area contributed by atoms with Crippen molar-refractivity contribution in [1.29, 1.82) is 0 Å². The van der Waals surface area contributed by atoms with Crippen LogP contribution >= 0.6 is 11.6 Å². The number of nitrogens with two attached hydrogens (primary N) is 1. The van der Waals surface area contributed by atoms with E-state index < -0.39 is 5.82 Å². The second-order valence-electron chi connectivity index (χ2n) is 12.4. The van der Waals surface area contributed by atoms with Crippen LogP contribution in [0.25, 0.3) is 27.9 Å². The number of pyridine rings is 2. The minimum absolute atomic E-state index is 0. The van der Waals surface area contributed by atoms with Gasteiger partial charge in [0.2, 0.25) is 0 Å². The minimum Gasteiger partial charge on any atom is -0.490 e. The summed E-state index contributed by atoms with van der Waals surface area (Å²) in [6, 6.07) is 13.6. The van der Waals surface area contributed by atoms with E-state index in [1.807, 2.05) is 6.20 Å². The van der Waals surface area contributed by atoms with Crippen LogP contribution in [-0.2, 0) is 6.42 Å². The van der Waals surface area contributed by atoms with Crippen molar-refractivity contribution in [3.05, 3.63) is 98.7 Å². The van der Waals surface area contributed by atoms with Crippen molar-refractivity contribution in [3.8, 4) is 17.0 Å². The third kappa shape index (κ3) is 6.36. The minimum atomic E-state index is -0.445. The normalized spacial score (nSPS) is 16.2. The molecule has 0 bridgehead atoms. The average Bonchev–Trinajstić information content (AvgIpc) is 3.94. The van der Waals surface area contributed by atoms with Gasteiger partial charge in [-0.15, -0.1) is 0 Å². The Hall–Kier alpha value is -4.10. The number of halogens is 2. The van der Waals surface area contributed by atoms with E-state index in [0.717, 1.165) is 94.8 Å². The maximum Gasteiger partial charge on any atom is 0.149 e. The first kappa shape index (κ1) is 30.9. The van der Waals surface area contributed by atoms with Gasteiger partial charge in [0.15, 0.2) is 0 Å². The maximum atomic E-state index is 13.9. The Morgan fingerprint density at radius 3 is 2.62 bits per heavy atom. The Bertz CT molecular complexity index is 1850. The number of hydrogen-bond donors (Lipinski definition) is 2. The molecule has 7 rings (SSSR count). The van der Waals surface area contributed by atoms with Crippen LogP contribution in [0.15, 0.2) is 65.5 Å². The highest BCUT2D eigenvalue weighted by atomic mass is 35.5. The molecule has 0 amide bonds. The fourth-order valence-corrected chi connectivity index (χ4v) is 6.24. The molecule has 1 atom stereocenters. The van der Waals surface area contributed by atoms with Gasteiger partial charge < -0.3 is 20.7 Å². The number of allylic oxidation sites excluding steroid dienone is 2. The van der Waals surface area contributed by atoms with Gasteiger partial charge in [-0.2, -0.15) is 0 Å². The van der Waals surface area contributed by atoms with E-state index >= 15 is 0 Å². The quantitative estimate of drug-likeness (QED) is 0.195. The summed E-state index contributed by atoms with van der Waals surface area (Å²) in [7, 11) is 2.10. The summed E-state index contributed by atoms with van der Waals surface area (Å²) in [5.74, 6) is 0.584. The zero-order valence-corrected chi connectivity index (χ0v) is 26.2. The van der Waals surface area contributed by atoms with Gasteiger partial charge in [0, 0.05) is 71.3 Å². The first-order valence-corrected chi connectivity index (χ1v) is 15.8. The molecular weight excluding hydrogens is 585 g/mol. The van der Waals surface area contributed by atoms with Crippen LogP contribution < -0.4 is 20.7 Å². The van der Waals surface area contributed by atoms with E-state index in [1.54, 1.807) is 12.1 Å². The molecule has 1 aliphatic heterocycles. The van der Waals surface area contributed by atoms with Gasteiger partial charge in [-0.1, -0.05) is 26.0 Å². The van der Waals surface area contributed by atoms with E-state index in [4.69, 9.17) is 32.0 Å². The number of hydrogen-bond acceptors (Lipinski definition) is 6. The lowest BCUT2D eigenvalue weighted by Crippen LogP contribution is -2.24. The summed E-state index contributed by atoms with van der Waals surface area (Å²) >= 11 is 6.14. The molecule has 8 heteroatoms. The number of likely N-dealkylation sites (N-methyl/N-ethyl adjacent to an activating group) is 1. The molecule has 2 saturated carbocycles. The molecule has 3 heterocycles. The van der Waals surface area contributed by atoms with Crippen LogP contribution in [-0.4, -0.2) is 36.7 Å². The molecule has 3 aliphatic rings. The Morgan fingerprint density at radius 1 is 1.11 bits per heavy atom. The molecule has 2 fully saturated rings. The van der Waals surface area contributed by atoms with Gasteiger partial charge in [-0.25, -0.2) is 9.37 Å². The predicted molar refractivity (Wildman–Crippen MR) is 183 cm³/mol. The first-order valence-electron chi connectivity index (χ1n) is 15.4. The van der Waals surface area contributed by atoms with Crippen molar-refractivity contribution in [2.75, 3.05) is 31.6 Å². The number of benzene rings is 2. The van der Waals surface area contributed by atoms with E-state index in [2.05, 4.69) is 55.4 Å². The Kier molecular flexibility index (Phi) is 8.49. The van der Waals surface area contributed by atoms with Gasteiger partial charge in [0.05, 0.1) is 29.4 Å². The molecular formula is C37H41ClFN5O. The second kappa shape index (κ2) is 12.4. The SMILES string of the molecule is C.Cc1cnc2c(N(C)CC(N)=C3CC3)cc(C(NCCc3cc4c(c(-c5ccc(F)c(Cl)c5)n3)OCC4C)=C3CC3)cc2c1.